The first-order valence-corrected chi connectivity index (χ1v) is 6.09. The van der Waals surface area contributed by atoms with Gasteiger partial charge in [0.1, 0.15) is 11.4 Å². The Balaban J connectivity index is 2.35. The fourth-order valence-corrected chi connectivity index (χ4v) is 1.95. The number of hydrogen-bond acceptors (Lipinski definition) is 4. The smallest absolute Gasteiger partial charge is 0.354 e. The van der Waals surface area contributed by atoms with Crippen LogP contribution in [0, 0.1) is 25.7 Å². The van der Waals surface area contributed by atoms with Crippen molar-refractivity contribution in [2.45, 2.75) is 13.8 Å². The van der Waals surface area contributed by atoms with E-state index < -0.39 is 5.97 Å². The molecule has 18 heavy (non-hydrogen) atoms. The number of carbonyl (C=O) groups is 1. The Morgan fingerprint density at radius 1 is 1.28 bits per heavy atom. The van der Waals surface area contributed by atoms with E-state index in [9.17, 15) is 4.79 Å². The van der Waals surface area contributed by atoms with E-state index in [1.165, 1.54) is 17.4 Å². The summed E-state index contributed by atoms with van der Waals surface area (Å²) in [7, 11) is 0. The number of carboxylic acid groups (broad SMARTS) is 1. The zero-order chi connectivity index (χ0) is 13.1. The molecule has 0 radical (unpaired) electrons. The van der Waals surface area contributed by atoms with Gasteiger partial charge in [0.2, 0.25) is 0 Å². The lowest BCUT2D eigenvalue weighted by molar-refractivity contribution is 0.0690. The summed E-state index contributed by atoms with van der Waals surface area (Å²) in [6, 6.07) is 3.21. The van der Waals surface area contributed by atoms with Gasteiger partial charge in [-0.05, 0) is 31.9 Å². The minimum atomic E-state index is -1.05. The number of thiazole rings is 1. The largest absolute Gasteiger partial charge is 0.477 e. The number of aryl methyl sites for hydroxylation is 2. The van der Waals surface area contributed by atoms with Gasteiger partial charge in [0.25, 0.3) is 0 Å². The molecule has 4 nitrogen and oxygen atoms in total. The van der Waals surface area contributed by atoms with Crippen LogP contribution in [0.3, 0.4) is 0 Å². The predicted molar refractivity (Wildman–Crippen MR) is 68.8 cm³/mol. The van der Waals surface area contributed by atoms with E-state index in [4.69, 9.17) is 5.11 Å². The fourth-order valence-electron chi connectivity index (χ4n) is 1.41. The summed E-state index contributed by atoms with van der Waals surface area (Å²) in [5.74, 6) is 4.76. The van der Waals surface area contributed by atoms with Crippen molar-refractivity contribution in [2.24, 2.45) is 0 Å². The minimum absolute atomic E-state index is 0.00811. The van der Waals surface area contributed by atoms with Crippen molar-refractivity contribution in [3.63, 3.8) is 0 Å². The van der Waals surface area contributed by atoms with Crippen LogP contribution < -0.4 is 0 Å². The molecular weight excluding hydrogens is 248 g/mol. The highest BCUT2D eigenvalue weighted by Gasteiger charge is 2.05. The fraction of sp³-hybridized carbons (Fsp3) is 0.154. The molecule has 0 saturated heterocycles. The molecule has 2 aromatic heterocycles. The molecule has 0 amide bonds. The predicted octanol–water partition coefficient (Wildman–Crippen LogP) is 2.25. The molecule has 5 heteroatoms. The maximum absolute atomic E-state index is 10.9. The van der Waals surface area contributed by atoms with E-state index in [1.807, 2.05) is 12.3 Å². The number of carboxylic acids is 1. The van der Waals surface area contributed by atoms with Gasteiger partial charge in [-0.3, -0.25) is 0 Å². The van der Waals surface area contributed by atoms with Crippen molar-refractivity contribution >= 4 is 17.3 Å². The topological polar surface area (TPSA) is 63.1 Å². The molecule has 0 fully saturated rings. The van der Waals surface area contributed by atoms with E-state index in [0.717, 1.165) is 5.01 Å². The Hall–Kier alpha value is -2.19. The molecular formula is C13H10N2O2S. The molecule has 0 aliphatic carbocycles. The second-order valence-corrected chi connectivity index (χ2v) is 4.75. The molecule has 0 unspecified atom stereocenters. The normalized spacial score (nSPS) is 9.67. The molecule has 1 N–H and O–H groups in total. The van der Waals surface area contributed by atoms with Gasteiger partial charge in [0, 0.05) is 16.6 Å². The number of aromatic nitrogens is 2. The Morgan fingerprint density at radius 2 is 2.06 bits per heavy atom. The number of hydrogen-bond donors (Lipinski definition) is 1. The number of rotatable bonds is 1. The van der Waals surface area contributed by atoms with Gasteiger partial charge in [0.15, 0.2) is 0 Å². The van der Waals surface area contributed by atoms with Crippen molar-refractivity contribution in [2.75, 3.05) is 0 Å². The maximum Gasteiger partial charge on any atom is 0.354 e. The molecule has 0 bridgehead atoms. The van der Waals surface area contributed by atoms with Crippen LogP contribution in [-0.4, -0.2) is 21.0 Å². The van der Waals surface area contributed by atoms with Crippen LogP contribution in [0.15, 0.2) is 17.5 Å². The van der Waals surface area contributed by atoms with E-state index in [0.29, 0.717) is 17.0 Å². The zero-order valence-corrected chi connectivity index (χ0v) is 10.7. The van der Waals surface area contributed by atoms with Crippen molar-refractivity contribution < 1.29 is 9.90 Å². The molecule has 0 aliphatic heterocycles. The van der Waals surface area contributed by atoms with Crippen LogP contribution in [0.1, 0.15) is 32.4 Å². The molecule has 0 aromatic carbocycles. The minimum Gasteiger partial charge on any atom is -0.477 e. The molecule has 0 spiro atoms. The first-order valence-electron chi connectivity index (χ1n) is 5.21. The standard InChI is InChI=1S/C13H10N2O2S/c1-8-5-10(6-12(14-8)13(16)17)3-4-11-7-18-9(2)15-11/h5-7H,1-2H3,(H,16,17). The Bertz CT molecular complexity index is 665. The molecule has 2 heterocycles. The summed E-state index contributed by atoms with van der Waals surface area (Å²) < 4.78 is 0. The summed E-state index contributed by atoms with van der Waals surface area (Å²) in [6.45, 7) is 3.65. The summed E-state index contributed by atoms with van der Waals surface area (Å²) in [5.41, 5.74) is 1.97. The third kappa shape index (κ3) is 2.93. The summed E-state index contributed by atoms with van der Waals surface area (Å²) >= 11 is 1.53. The van der Waals surface area contributed by atoms with Crippen molar-refractivity contribution in [1.82, 2.24) is 9.97 Å². The number of pyridine rings is 1. The second-order valence-electron chi connectivity index (χ2n) is 3.69. The lowest BCUT2D eigenvalue weighted by atomic mass is 10.2. The van der Waals surface area contributed by atoms with E-state index >= 15 is 0 Å². The van der Waals surface area contributed by atoms with Crippen LogP contribution in [0.4, 0.5) is 0 Å². The third-order valence-corrected chi connectivity index (χ3v) is 2.90. The van der Waals surface area contributed by atoms with Crippen LogP contribution in [-0.2, 0) is 0 Å². The Morgan fingerprint density at radius 3 is 2.67 bits per heavy atom. The maximum atomic E-state index is 10.9. The lowest BCUT2D eigenvalue weighted by Crippen LogP contribution is -2.02. The van der Waals surface area contributed by atoms with Crippen molar-refractivity contribution in [1.29, 1.82) is 0 Å². The van der Waals surface area contributed by atoms with Gasteiger partial charge in [0.05, 0.1) is 5.01 Å². The Kier molecular flexibility index (Phi) is 3.40. The average Bonchev–Trinajstić information content (AvgIpc) is 2.72. The average molecular weight is 258 g/mol. The van der Waals surface area contributed by atoms with Crippen LogP contribution in [0.2, 0.25) is 0 Å². The summed E-state index contributed by atoms with van der Waals surface area (Å²) in [4.78, 5) is 19.0. The Labute approximate surface area is 108 Å². The highest BCUT2D eigenvalue weighted by Crippen LogP contribution is 2.08. The molecule has 0 atom stereocenters. The molecule has 2 rings (SSSR count). The first kappa shape index (κ1) is 12.3. The van der Waals surface area contributed by atoms with Gasteiger partial charge >= 0.3 is 5.97 Å². The van der Waals surface area contributed by atoms with Gasteiger partial charge in [-0.15, -0.1) is 11.3 Å². The molecule has 0 aliphatic rings. The van der Waals surface area contributed by atoms with Crippen LogP contribution in [0.25, 0.3) is 0 Å². The van der Waals surface area contributed by atoms with Crippen LogP contribution in [0.5, 0.6) is 0 Å². The van der Waals surface area contributed by atoms with Gasteiger partial charge < -0.3 is 5.11 Å². The zero-order valence-electron chi connectivity index (χ0n) is 9.89. The van der Waals surface area contributed by atoms with E-state index in [-0.39, 0.29) is 5.69 Å². The molecule has 90 valence electrons. The van der Waals surface area contributed by atoms with Crippen molar-refractivity contribution in [3.05, 3.63) is 45.2 Å². The lowest BCUT2D eigenvalue weighted by Gasteiger charge is -1.97. The van der Waals surface area contributed by atoms with Crippen molar-refractivity contribution in [3.8, 4) is 11.8 Å². The van der Waals surface area contributed by atoms with Gasteiger partial charge in [-0.25, -0.2) is 14.8 Å². The van der Waals surface area contributed by atoms with Gasteiger partial charge in [-0.2, -0.15) is 0 Å². The SMILES string of the molecule is Cc1cc(C#Cc2csc(C)n2)cc(C(=O)O)n1. The highest BCUT2D eigenvalue weighted by molar-refractivity contribution is 7.09. The van der Waals surface area contributed by atoms with Crippen LogP contribution >= 0.6 is 11.3 Å². The monoisotopic (exact) mass is 258 g/mol. The van der Waals surface area contributed by atoms with E-state index in [1.54, 1.807) is 13.0 Å². The summed E-state index contributed by atoms with van der Waals surface area (Å²) in [5, 5.41) is 11.7. The van der Waals surface area contributed by atoms with E-state index in [2.05, 4.69) is 21.8 Å². The highest BCUT2D eigenvalue weighted by atomic mass is 32.1. The number of nitrogens with zero attached hydrogens (tertiary/aromatic N) is 2. The third-order valence-electron chi connectivity index (χ3n) is 2.13. The molecule has 0 saturated carbocycles. The summed E-state index contributed by atoms with van der Waals surface area (Å²) in [6.07, 6.45) is 0. The quantitative estimate of drug-likeness (QED) is 0.797. The first-order chi connectivity index (χ1) is 8.54. The molecule has 2 aromatic rings. The second kappa shape index (κ2) is 4.98. The number of aromatic carboxylic acids is 1. The van der Waals surface area contributed by atoms with Gasteiger partial charge in [-0.1, -0.05) is 5.92 Å².